The van der Waals surface area contributed by atoms with E-state index in [0.29, 0.717) is 19.5 Å². The molecule has 46 valence electrons. The quantitative estimate of drug-likeness (QED) is 0.442. The molecule has 0 amide bonds. The van der Waals surface area contributed by atoms with Crippen molar-refractivity contribution in [2.45, 2.75) is 6.42 Å². The van der Waals surface area contributed by atoms with Gasteiger partial charge in [-0.25, -0.2) is 0 Å². The molecule has 3 nitrogen and oxygen atoms in total. The Morgan fingerprint density at radius 3 is 2.56 bits per heavy atom. The van der Waals surface area contributed by atoms with Gasteiger partial charge in [-0.1, -0.05) is 6.42 Å². The second kappa shape index (κ2) is 4.50. The van der Waals surface area contributed by atoms with Gasteiger partial charge < -0.3 is 15.2 Å². The molecular formula is C5H7CaNO2. The van der Waals surface area contributed by atoms with Gasteiger partial charge in [-0.2, -0.15) is 0 Å². The molecule has 0 aromatic heterocycles. The molecule has 1 unspecified atom stereocenters. The van der Waals surface area contributed by atoms with Crippen molar-refractivity contribution in [3.8, 4) is 0 Å². The molecule has 4 heteroatoms. The third-order valence-corrected chi connectivity index (χ3v) is 1.32. The molecule has 0 spiro atoms. The topological polar surface area (TPSA) is 54.2 Å². The Hall–Kier alpha value is 0.690. The van der Waals surface area contributed by atoms with E-state index in [1.54, 1.807) is 0 Å². The maximum absolute atomic E-state index is 10.0. The molecule has 1 rings (SSSR count). The third kappa shape index (κ3) is 2.85. The number of rotatable bonds is 1. The number of hydrogen-bond donors (Lipinski definition) is 0. The summed E-state index contributed by atoms with van der Waals surface area (Å²) in [5, 5.41) is 13.9. The SMILES string of the molecule is O=C([O-])C1CC[N-]C1.[Ca+2]. The van der Waals surface area contributed by atoms with Crippen LogP contribution in [-0.4, -0.2) is 56.8 Å². The number of carboxylic acids is 1. The monoisotopic (exact) mass is 153 g/mol. The second-order valence-electron chi connectivity index (χ2n) is 1.93. The summed E-state index contributed by atoms with van der Waals surface area (Å²) in [7, 11) is 0. The third-order valence-electron chi connectivity index (χ3n) is 1.32. The van der Waals surface area contributed by atoms with Crippen LogP contribution in [0.15, 0.2) is 0 Å². The largest absolute Gasteiger partial charge is 2.00 e. The van der Waals surface area contributed by atoms with Crippen LogP contribution in [0.25, 0.3) is 5.32 Å². The molecule has 9 heavy (non-hydrogen) atoms. The van der Waals surface area contributed by atoms with Gasteiger partial charge in [-0.05, 0) is 5.92 Å². The molecule has 0 aromatic carbocycles. The van der Waals surface area contributed by atoms with Crippen molar-refractivity contribution >= 4 is 43.7 Å². The van der Waals surface area contributed by atoms with Crippen LogP contribution in [0.5, 0.6) is 0 Å². The van der Waals surface area contributed by atoms with Crippen LogP contribution < -0.4 is 5.11 Å². The van der Waals surface area contributed by atoms with Crippen LogP contribution in [0.1, 0.15) is 6.42 Å². The first kappa shape index (κ1) is 9.69. The molecule has 0 N–H and O–H groups in total. The van der Waals surface area contributed by atoms with Crippen LogP contribution in [0.2, 0.25) is 0 Å². The van der Waals surface area contributed by atoms with E-state index in [0.717, 1.165) is 0 Å². The van der Waals surface area contributed by atoms with Crippen molar-refractivity contribution < 1.29 is 9.90 Å². The Morgan fingerprint density at radius 1 is 1.67 bits per heavy atom. The summed E-state index contributed by atoms with van der Waals surface area (Å²) in [5.74, 6) is -1.25. The molecular weight excluding hydrogens is 146 g/mol. The van der Waals surface area contributed by atoms with E-state index in [-0.39, 0.29) is 43.7 Å². The molecule has 0 saturated carbocycles. The van der Waals surface area contributed by atoms with Crippen LogP contribution in [0.4, 0.5) is 0 Å². The summed E-state index contributed by atoms with van der Waals surface area (Å²) in [6.45, 7) is 1.15. The van der Waals surface area contributed by atoms with E-state index >= 15 is 0 Å². The summed E-state index contributed by atoms with van der Waals surface area (Å²) in [6.07, 6.45) is 0.669. The van der Waals surface area contributed by atoms with Gasteiger partial charge >= 0.3 is 37.7 Å². The molecule has 1 atom stereocenters. The van der Waals surface area contributed by atoms with E-state index in [4.69, 9.17) is 0 Å². The van der Waals surface area contributed by atoms with E-state index in [9.17, 15) is 9.90 Å². The Morgan fingerprint density at radius 2 is 2.33 bits per heavy atom. The van der Waals surface area contributed by atoms with Crippen LogP contribution in [-0.2, 0) is 4.79 Å². The Labute approximate surface area is 83.8 Å². The standard InChI is InChI=1S/C5H8NO2.Ca/c7-5(8)4-1-2-6-3-4;/h4H,1-3H2,(H,7,8);/q-1;+2/p-1. The van der Waals surface area contributed by atoms with Crippen LogP contribution >= 0.6 is 0 Å². The normalized spacial score (nSPS) is 25.1. The second-order valence-corrected chi connectivity index (χ2v) is 1.93. The van der Waals surface area contributed by atoms with Crippen molar-refractivity contribution in [2.75, 3.05) is 13.1 Å². The molecule has 1 heterocycles. The smallest absolute Gasteiger partial charge is 0.662 e. The van der Waals surface area contributed by atoms with Gasteiger partial charge in [-0.15, -0.1) is 13.1 Å². The zero-order valence-electron chi connectivity index (χ0n) is 5.17. The van der Waals surface area contributed by atoms with Gasteiger partial charge in [0.2, 0.25) is 0 Å². The fourth-order valence-electron chi connectivity index (χ4n) is 0.778. The molecule has 1 fully saturated rings. The van der Waals surface area contributed by atoms with E-state index in [1.165, 1.54) is 0 Å². The van der Waals surface area contributed by atoms with Crippen LogP contribution in [0.3, 0.4) is 0 Å². The predicted octanol–water partition coefficient (Wildman–Crippen LogP) is -1.25. The summed E-state index contributed by atoms with van der Waals surface area (Å²) < 4.78 is 0. The van der Waals surface area contributed by atoms with Crippen molar-refractivity contribution in [1.82, 2.24) is 0 Å². The number of aliphatic carboxylic acids is 1. The first-order valence-corrected chi connectivity index (χ1v) is 2.65. The first-order valence-electron chi connectivity index (χ1n) is 2.65. The molecule has 1 saturated heterocycles. The van der Waals surface area contributed by atoms with E-state index < -0.39 is 5.97 Å². The van der Waals surface area contributed by atoms with Gasteiger partial charge in [0.15, 0.2) is 0 Å². The predicted molar refractivity (Wildman–Crippen MR) is 32.0 cm³/mol. The van der Waals surface area contributed by atoms with Crippen LogP contribution in [0, 0.1) is 5.92 Å². The summed E-state index contributed by atoms with van der Waals surface area (Å²) in [6, 6.07) is 0. The van der Waals surface area contributed by atoms with Gasteiger partial charge in [0.1, 0.15) is 0 Å². The maximum atomic E-state index is 10.0. The fourth-order valence-corrected chi connectivity index (χ4v) is 0.778. The molecule has 0 aliphatic carbocycles. The zero-order valence-corrected chi connectivity index (χ0v) is 7.38. The number of carbonyl (C=O) groups excluding carboxylic acids is 1. The number of nitrogens with zero attached hydrogens (tertiary/aromatic N) is 1. The molecule has 0 radical (unpaired) electrons. The Balaban J connectivity index is 0.000000640. The molecule has 1 aliphatic heterocycles. The van der Waals surface area contributed by atoms with Crippen molar-refractivity contribution in [3.63, 3.8) is 0 Å². The van der Waals surface area contributed by atoms with Crippen molar-refractivity contribution in [3.05, 3.63) is 5.32 Å². The maximum Gasteiger partial charge on any atom is 2.00 e. The van der Waals surface area contributed by atoms with Crippen molar-refractivity contribution in [1.29, 1.82) is 0 Å². The minimum absolute atomic E-state index is 0. The number of carboxylic acid groups (broad SMARTS) is 1. The fraction of sp³-hybridized carbons (Fsp3) is 0.800. The molecule has 0 aromatic rings. The summed E-state index contributed by atoms with van der Waals surface area (Å²) in [5.41, 5.74) is 0. The van der Waals surface area contributed by atoms with E-state index in [2.05, 4.69) is 5.32 Å². The number of hydrogen-bond acceptors (Lipinski definition) is 2. The van der Waals surface area contributed by atoms with Gasteiger partial charge in [0, 0.05) is 5.97 Å². The van der Waals surface area contributed by atoms with Gasteiger partial charge in [0.25, 0.3) is 0 Å². The molecule has 1 aliphatic rings. The Kier molecular flexibility index (Phi) is 4.84. The first-order chi connectivity index (χ1) is 3.80. The minimum atomic E-state index is -0.953. The number of carbonyl (C=O) groups is 1. The Bertz CT molecular complexity index is 101. The molecule has 0 bridgehead atoms. The van der Waals surface area contributed by atoms with Gasteiger partial charge in [-0.3, -0.25) is 0 Å². The summed E-state index contributed by atoms with van der Waals surface area (Å²) in [4.78, 5) is 10.0. The average Bonchev–Trinajstić information content (AvgIpc) is 2.12. The van der Waals surface area contributed by atoms with E-state index in [1.807, 2.05) is 0 Å². The zero-order chi connectivity index (χ0) is 5.98. The van der Waals surface area contributed by atoms with Gasteiger partial charge in [0.05, 0.1) is 0 Å². The summed E-state index contributed by atoms with van der Waals surface area (Å²) >= 11 is 0. The van der Waals surface area contributed by atoms with Crippen molar-refractivity contribution in [2.24, 2.45) is 5.92 Å². The average molecular weight is 153 g/mol. The minimum Gasteiger partial charge on any atom is -0.662 e.